The first kappa shape index (κ1) is 18.2. The summed E-state index contributed by atoms with van der Waals surface area (Å²) in [6.07, 6.45) is 1.43. The van der Waals surface area contributed by atoms with Gasteiger partial charge in [0.2, 0.25) is 0 Å². The number of halogens is 2. The number of carbonyl (C=O) groups is 1. The van der Waals surface area contributed by atoms with Crippen molar-refractivity contribution < 1.29 is 13.9 Å². The number of hydrogen-bond acceptors (Lipinski definition) is 3. The largest absolute Gasteiger partial charge is 0.444 e. The van der Waals surface area contributed by atoms with Crippen LogP contribution in [0.1, 0.15) is 32.8 Å². The lowest BCUT2D eigenvalue weighted by atomic mass is 10.1. The molecule has 1 aliphatic heterocycles. The van der Waals surface area contributed by atoms with Crippen LogP contribution in [0.2, 0.25) is 0 Å². The SMILES string of the molecule is CC(C)(C)OC(=O)NC1CCN(CCc2ccc(F)c(Br)c2)C1. The van der Waals surface area contributed by atoms with E-state index in [1.165, 1.54) is 6.07 Å². The van der Waals surface area contributed by atoms with Gasteiger partial charge in [0.25, 0.3) is 0 Å². The van der Waals surface area contributed by atoms with Crippen molar-refractivity contribution in [2.45, 2.75) is 45.3 Å². The number of nitrogens with zero attached hydrogens (tertiary/aromatic N) is 1. The van der Waals surface area contributed by atoms with Gasteiger partial charge in [-0.2, -0.15) is 0 Å². The van der Waals surface area contributed by atoms with Crippen molar-refractivity contribution in [3.05, 3.63) is 34.1 Å². The van der Waals surface area contributed by atoms with E-state index in [1.54, 1.807) is 0 Å². The lowest BCUT2D eigenvalue weighted by Gasteiger charge is -2.22. The maximum absolute atomic E-state index is 13.2. The fourth-order valence-corrected chi connectivity index (χ4v) is 3.04. The van der Waals surface area contributed by atoms with E-state index in [0.717, 1.165) is 38.0 Å². The van der Waals surface area contributed by atoms with Crippen LogP contribution in [0.25, 0.3) is 0 Å². The lowest BCUT2D eigenvalue weighted by molar-refractivity contribution is 0.0506. The fraction of sp³-hybridized carbons (Fsp3) is 0.588. The molecular formula is C17H24BrFN2O2. The van der Waals surface area contributed by atoms with E-state index in [1.807, 2.05) is 32.9 Å². The summed E-state index contributed by atoms with van der Waals surface area (Å²) in [6, 6.07) is 5.25. The highest BCUT2D eigenvalue weighted by Crippen LogP contribution is 2.18. The summed E-state index contributed by atoms with van der Waals surface area (Å²) in [5, 5.41) is 2.92. The number of ether oxygens (including phenoxy) is 1. The topological polar surface area (TPSA) is 41.6 Å². The summed E-state index contributed by atoms with van der Waals surface area (Å²) < 4.78 is 19.0. The Morgan fingerprint density at radius 3 is 2.87 bits per heavy atom. The predicted molar refractivity (Wildman–Crippen MR) is 92.0 cm³/mol. The van der Waals surface area contributed by atoms with Crippen LogP contribution in [0.3, 0.4) is 0 Å². The summed E-state index contributed by atoms with van der Waals surface area (Å²) >= 11 is 3.21. The molecule has 6 heteroatoms. The first-order chi connectivity index (χ1) is 10.7. The van der Waals surface area contributed by atoms with E-state index in [2.05, 4.69) is 26.1 Å². The van der Waals surface area contributed by atoms with Crippen LogP contribution in [-0.2, 0) is 11.2 Å². The van der Waals surface area contributed by atoms with Crippen LogP contribution < -0.4 is 5.32 Å². The van der Waals surface area contributed by atoms with E-state index in [9.17, 15) is 9.18 Å². The van der Waals surface area contributed by atoms with Gasteiger partial charge in [-0.1, -0.05) is 6.07 Å². The van der Waals surface area contributed by atoms with Crippen molar-refractivity contribution in [2.24, 2.45) is 0 Å². The number of amides is 1. The summed E-state index contributed by atoms with van der Waals surface area (Å²) in [7, 11) is 0. The van der Waals surface area contributed by atoms with Crippen LogP contribution in [0, 0.1) is 5.82 Å². The van der Waals surface area contributed by atoms with Crippen LogP contribution in [0.5, 0.6) is 0 Å². The Hall–Kier alpha value is -1.14. The van der Waals surface area contributed by atoms with Gasteiger partial charge in [-0.3, -0.25) is 0 Å². The van der Waals surface area contributed by atoms with Crippen molar-refractivity contribution in [1.82, 2.24) is 10.2 Å². The van der Waals surface area contributed by atoms with E-state index in [0.29, 0.717) is 4.47 Å². The molecule has 0 aromatic heterocycles. The maximum atomic E-state index is 13.2. The van der Waals surface area contributed by atoms with Crippen LogP contribution in [0.4, 0.5) is 9.18 Å². The smallest absolute Gasteiger partial charge is 0.407 e. The number of benzene rings is 1. The van der Waals surface area contributed by atoms with Crippen LogP contribution in [-0.4, -0.2) is 42.3 Å². The molecule has 0 bridgehead atoms. The van der Waals surface area contributed by atoms with Crippen molar-refractivity contribution in [1.29, 1.82) is 0 Å². The molecule has 1 amide bonds. The average molecular weight is 387 g/mol. The molecule has 2 rings (SSSR count). The summed E-state index contributed by atoms with van der Waals surface area (Å²) in [5.41, 5.74) is 0.625. The number of likely N-dealkylation sites (tertiary alicyclic amines) is 1. The molecule has 0 spiro atoms. The first-order valence-corrected chi connectivity index (χ1v) is 8.68. The zero-order chi connectivity index (χ0) is 17.0. The highest BCUT2D eigenvalue weighted by Gasteiger charge is 2.25. The second kappa shape index (κ2) is 7.62. The number of hydrogen-bond donors (Lipinski definition) is 1. The van der Waals surface area contributed by atoms with E-state index in [-0.39, 0.29) is 18.0 Å². The van der Waals surface area contributed by atoms with E-state index < -0.39 is 5.60 Å². The molecular weight excluding hydrogens is 363 g/mol. The second-order valence-corrected chi connectivity index (χ2v) is 7.79. The van der Waals surface area contributed by atoms with Gasteiger partial charge in [-0.05, 0) is 67.2 Å². The Morgan fingerprint density at radius 2 is 2.22 bits per heavy atom. The monoisotopic (exact) mass is 386 g/mol. The zero-order valence-electron chi connectivity index (χ0n) is 13.9. The van der Waals surface area contributed by atoms with Gasteiger partial charge in [-0.25, -0.2) is 9.18 Å². The minimum atomic E-state index is -0.474. The minimum Gasteiger partial charge on any atom is -0.444 e. The van der Waals surface area contributed by atoms with Crippen molar-refractivity contribution >= 4 is 22.0 Å². The summed E-state index contributed by atoms with van der Waals surface area (Å²) in [4.78, 5) is 14.1. The van der Waals surface area contributed by atoms with E-state index in [4.69, 9.17) is 4.74 Å². The van der Waals surface area contributed by atoms with Gasteiger partial charge in [0.15, 0.2) is 0 Å². The minimum absolute atomic E-state index is 0.129. The lowest BCUT2D eigenvalue weighted by Crippen LogP contribution is -2.40. The van der Waals surface area contributed by atoms with Crippen molar-refractivity contribution in [3.63, 3.8) is 0 Å². The molecule has 1 aromatic carbocycles. The molecule has 4 nitrogen and oxygen atoms in total. The maximum Gasteiger partial charge on any atom is 0.407 e. The van der Waals surface area contributed by atoms with E-state index >= 15 is 0 Å². The number of alkyl carbamates (subject to hydrolysis) is 1. The number of carbonyl (C=O) groups excluding carboxylic acids is 1. The van der Waals surface area contributed by atoms with Crippen LogP contribution in [0.15, 0.2) is 22.7 Å². The third-order valence-corrected chi connectivity index (χ3v) is 4.30. The van der Waals surface area contributed by atoms with Gasteiger partial charge in [0, 0.05) is 25.7 Å². The zero-order valence-corrected chi connectivity index (χ0v) is 15.5. The summed E-state index contributed by atoms with van der Waals surface area (Å²) in [6.45, 7) is 8.23. The van der Waals surface area contributed by atoms with Gasteiger partial charge < -0.3 is 15.0 Å². The van der Waals surface area contributed by atoms with Gasteiger partial charge >= 0.3 is 6.09 Å². The van der Waals surface area contributed by atoms with Gasteiger partial charge in [0.1, 0.15) is 11.4 Å². The molecule has 1 aliphatic rings. The molecule has 1 unspecified atom stereocenters. The quantitative estimate of drug-likeness (QED) is 0.856. The van der Waals surface area contributed by atoms with Gasteiger partial charge in [0.05, 0.1) is 4.47 Å². The second-order valence-electron chi connectivity index (χ2n) is 6.93. The molecule has 1 fully saturated rings. The normalized spacial score (nSPS) is 18.9. The predicted octanol–water partition coefficient (Wildman–Crippen LogP) is 3.73. The molecule has 1 aromatic rings. The van der Waals surface area contributed by atoms with Crippen molar-refractivity contribution in [3.8, 4) is 0 Å². The molecule has 0 saturated carbocycles. The average Bonchev–Trinajstić information content (AvgIpc) is 2.85. The van der Waals surface area contributed by atoms with Crippen molar-refractivity contribution in [2.75, 3.05) is 19.6 Å². The molecule has 128 valence electrons. The van der Waals surface area contributed by atoms with Crippen LogP contribution >= 0.6 is 15.9 Å². The highest BCUT2D eigenvalue weighted by molar-refractivity contribution is 9.10. The Balaban J connectivity index is 1.75. The highest BCUT2D eigenvalue weighted by atomic mass is 79.9. The molecule has 1 N–H and O–H groups in total. The Labute approximate surface area is 145 Å². The third kappa shape index (κ3) is 6.11. The molecule has 0 radical (unpaired) electrons. The number of nitrogens with one attached hydrogen (secondary N) is 1. The third-order valence-electron chi connectivity index (χ3n) is 3.69. The standard InChI is InChI=1S/C17H24BrFN2O2/c1-17(2,3)23-16(22)20-13-7-9-21(11-13)8-6-12-4-5-15(19)14(18)10-12/h4-5,10,13H,6-9,11H2,1-3H3,(H,20,22). The summed E-state index contributed by atoms with van der Waals surface area (Å²) in [5.74, 6) is -0.239. The fourth-order valence-electron chi connectivity index (χ4n) is 2.61. The van der Waals surface area contributed by atoms with Gasteiger partial charge in [-0.15, -0.1) is 0 Å². The molecule has 1 heterocycles. The molecule has 23 heavy (non-hydrogen) atoms. The Kier molecular flexibility index (Phi) is 6.03. The molecule has 0 aliphatic carbocycles. The Morgan fingerprint density at radius 1 is 1.48 bits per heavy atom. The Bertz CT molecular complexity index is 560. The number of rotatable bonds is 4. The first-order valence-electron chi connectivity index (χ1n) is 7.89. The molecule has 1 atom stereocenters. The molecule has 1 saturated heterocycles.